The molecule has 1 aromatic carbocycles. The molecule has 3 rings (SSSR count). The van der Waals surface area contributed by atoms with Crippen LogP contribution in [0.1, 0.15) is 26.1 Å². The third-order valence-electron chi connectivity index (χ3n) is 3.86. The summed E-state index contributed by atoms with van der Waals surface area (Å²) in [5, 5.41) is 0.940. The van der Waals surface area contributed by atoms with E-state index in [1.165, 1.54) is 0 Å². The summed E-state index contributed by atoms with van der Waals surface area (Å²) in [5.41, 5.74) is 3.15. The van der Waals surface area contributed by atoms with Crippen molar-refractivity contribution < 1.29 is 4.74 Å². The quantitative estimate of drug-likeness (QED) is 0.705. The predicted octanol–water partition coefficient (Wildman–Crippen LogP) is 4.29. The summed E-state index contributed by atoms with van der Waals surface area (Å²) in [7, 11) is 1.66. The van der Waals surface area contributed by atoms with E-state index in [1.54, 1.807) is 19.5 Å². The Morgan fingerprint density at radius 3 is 2.48 bits per heavy atom. The van der Waals surface area contributed by atoms with Gasteiger partial charge in [0.05, 0.1) is 18.0 Å². The molecule has 0 bridgehead atoms. The van der Waals surface area contributed by atoms with Crippen LogP contribution in [0.25, 0.3) is 22.0 Å². The second kappa shape index (κ2) is 6.73. The Balaban J connectivity index is 2.03. The second-order valence-corrected chi connectivity index (χ2v) is 6.05. The first kappa shape index (κ1) is 15.4. The van der Waals surface area contributed by atoms with Crippen LogP contribution in [0.4, 0.5) is 0 Å². The molecule has 0 spiro atoms. The van der Waals surface area contributed by atoms with E-state index in [4.69, 9.17) is 4.74 Å². The van der Waals surface area contributed by atoms with Gasteiger partial charge in [-0.3, -0.25) is 4.98 Å². The lowest BCUT2D eigenvalue weighted by Crippen LogP contribution is -2.01. The number of aromatic nitrogens is 3. The molecule has 0 aliphatic rings. The van der Waals surface area contributed by atoms with Crippen molar-refractivity contribution in [3.63, 3.8) is 0 Å². The van der Waals surface area contributed by atoms with Crippen LogP contribution in [-0.2, 0) is 6.42 Å². The number of benzene rings is 1. The van der Waals surface area contributed by atoms with E-state index in [2.05, 4.69) is 40.9 Å². The number of hydrogen-bond donors (Lipinski definition) is 0. The van der Waals surface area contributed by atoms with Gasteiger partial charge in [-0.2, -0.15) is 4.98 Å². The first-order valence-corrected chi connectivity index (χ1v) is 7.92. The van der Waals surface area contributed by atoms with Crippen LogP contribution in [0, 0.1) is 5.92 Å². The van der Waals surface area contributed by atoms with Gasteiger partial charge in [0.15, 0.2) is 0 Å². The zero-order valence-electron chi connectivity index (χ0n) is 13.8. The molecule has 2 aromatic heterocycles. The lowest BCUT2D eigenvalue weighted by atomic mass is 10.0. The number of aryl methyl sites for hydroxylation is 1. The van der Waals surface area contributed by atoms with Crippen LogP contribution >= 0.6 is 0 Å². The maximum absolute atomic E-state index is 5.50. The number of hydrogen-bond acceptors (Lipinski definition) is 4. The Morgan fingerprint density at radius 1 is 1.00 bits per heavy atom. The van der Waals surface area contributed by atoms with Crippen LogP contribution in [0.5, 0.6) is 5.88 Å². The average Bonchev–Trinajstić information content (AvgIpc) is 2.59. The van der Waals surface area contributed by atoms with Gasteiger partial charge < -0.3 is 4.74 Å². The molecule has 0 amide bonds. The highest BCUT2D eigenvalue weighted by Gasteiger charge is 2.10. The monoisotopic (exact) mass is 307 g/mol. The number of rotatable bonds is 5. The molecule has 0 aliphatic heterocycles. The summed E-state index contributed by atoms with van der Waals surface area (Å²) in [4.78, 5) is 13.3. The van der Waals surface area contributed by atoms with E-state index in [9.17, 15) is 0 Å². The fourth-order valence-corrected chi connectivity index (χ4v) is 2.56. The first-order valence-electron chi connectivity index (χ1n) is 7.92. The highest BCUT2D eigenvalue weighted by Crippen LogP contribution is 2.28. The molecule has 0 saturated carbocycles. The normalized spacial score (nSPS) is 11.1. The Labute approximate surface area is 136 Å². The minimum Gasteiger partial charge on any atom is -0.480 e. The molecule has 2 heterocycles. The molecule has 4 heteroatoms. The number of nitrogens with zero attached hydrogens (tertiary/aromatic N) is 3. The molecule has 0 aliphatic carbocycles. The number of ether oxygens (including phenoxy) is 1. The van der Waals surface area contributed by atoms with Crippen LogP contribution in [0.3, 0.4) is 0 Å². The van der Waals surface area contributed by atoms with Gasteiger partial charge in [0.1, 0.15) is 5.82 Å². The highest BCUT2D eigenvalue weighted by molar-refractivity contribution is 5.88. The number of pyridine rings is 1. The van der Waals surface area contributed by atoms with Gasteiger partial charge >= 0.3 is 0 Å². The van der Waals surface area contributed by atoms with Crippen LogP contribution < -0.4 is 4.74 Å². The number of fused-ring (bicyclic) bond motifs is 1. The van der Waals surface area contributed by atoms with Crippen molar-refractivity contribution in [2.24, 2.45) is 5.92 Å². The Hall–Kier alpha value is -2.49. The summed E-state index contributed by atoms with van der Waals surface area (Å²) in [6.07, 6.45) is 5.53. The average molecular weight is 307 g/mol. The first-order chi connectivity index (χ1) is 11.2. The molecule has 3 aromatic rings. The fourth-order valence-electron chi connectivity index (χ4n) is 2.56. The van der Waals surface area contributed by atoms with Crippen LogP contribution in [0.2, 0.25) is 0 Å². The molecule has 0 fully saturated rings. The molecular weight excluding hydrogens is 286 g/mol. The van der Waals surface area contributed by atoms with E-state index < -0.39 is 0 Å². The minimum atomic E-state index is 0.634. The largest absolute Gasteiger partial charge is 0.480 e. The molecule has 4 nitrogen and oxygen atoms in total. The SMILES string of the molecule is COc1nc(CCC(C)C)nc2ccc(-c3ccncc3)cc12. The van der Waals surface area contributed by atoms with Gasteiger partial charge in [0.2, 0.25) is 5.88 Å². The van der Waals surface area contributed by atoms with Gasteiger partial charge in [0, 0.05) is 18.8 Å². The predicted molar refractivity (Wildman–Crippen MR) is 92.5 cm³/mol. The third kappa shape index (κ3) is 3.47. The van der Waals surface area contributed by atoms with Gasteiger partial charge in [-0.25, -0.2) is 4.98 Å². The van der Waals surface area contributed by atoms with Crippen molar-refractivity contribution in [3.8, 4) is 17.0 Å². The molecule has 0 saturated heterocycles. The molecular formula is C19H21N3O. The smallest absolute Gasteiger partial charge is 0.224 e. The molecule has 0 atom stereocenters. The Morgan fingerprint density at radius 2 is 1.78 bits per heavy atom. The van der Waals surface area contributed by atoms with Gasteiger partial charge in [-0.1, -0.05) is 19.9 Å². The van der Waals surface area contributed by atoms with Crippen molar-refractivity contribution >= 4 is 10.9 Å². The Bertz CT molecular complexity index is 800. The van der Waals surface area contributed by atoms with E-state index in [-0.39, 0.29) is 0 Å². The van der Waals surface area contributed by atoms with Gasteiger partial charge in [-0.05, 0) is 47.7 Å². The van der Waals surface area contributed by atoms with Gasteiger partial charge in [-0.15, -0.1) is 0 Å². The highest BCUT2D eigenvalue weighted by atomic mass is 16.5. The van der Waals surface area contributed by atoms with Crippen molar-refractivity contribution in [1.29, 1.82) is 0 Å². The lowest BCUT2D eigenvalue weighted by molar-refractivity contribution is 0.400. The molecule has 118 valence electrons. The number of methoxy groups -OCH3 is 1. The summed E-state index contributed by atoms with van der Waals surface area (Å²) < 4.78 is 5.50. The zero-order valence-corrected chi connectivity index (χ0v) is 13.8. The van der Waals surface area contributed by atoms with Crippen LogP contribution in [0.15, 0.2) is 42.7 Å². The molecule has 0 radical (unpaired) electrons. The summed E-state index contributed by atoms with van der Waals surface area (Å²) in [6.45, 7) is 4.42. The van der Waals surface area contributed by atoms with E-state index in [1.807, 2.05) is 18.2 Å². The van der Waals surface area contributed by atoms with Crippen molar-refractivity contribution in [2.75, 3.05) is 7.11 Å². The molecule has 0 unspecified atom stereocenters. The lowest BCUT2D eigenvalue weighted by Gasteiger charge is -2.10. The van der Waals surface area contributed by atoms with E-state index >= 15 is 0 Å². The van der Waals surface area contributed by atoms with E-state index in [0.29, 0.717) is 11.8 Å². The summed E-state index contributed by atoms with van der Waals surface area (Å²) >= 11 is 0. The van der Waals surface area contributed by atoms with Crippen molar-refractivity contribution in [1.82, 2.24) is 15.0 Å². The molecule has 23 heavy (non-hydrogen) atoms. The maximum Gasteiger partial charge on any atom is 0.224 e. The molecule has 0 N–H and O–H groups in total. The summed E-state index contributed by atoms with van der Waals surface area (Å²) in [6, 6.07) is 10.2. The van der Waals surface area contributed by atoms with Crippen molar-refractivity contribution in [2.45, 2.75) is 26.7 Å². The third-order valence-corrected chi connectivity index (χ3v) is 3.86. The maximum atomic E-state index is 5.50. The summed E-state index contributed by atoms with van der Waals surface area (Å²) in [5.74, 6) is 2.12. The minimum absolute atomic E-state index is 0.634. The standard InChI is InChI=1S/C19H21N3O/c1-13(2)4-7-18-21-17-6-5-15(14-8-10-20-11-9-14)12-16(17)19(22-18)23-3/h5-6,8-13H,4,7H2,1-3H3. The van der Waals surface area contributed by atoms with Crippen LogP contribution in [-0.4, -0.2) is 22.1 Å². The van der Waals surface area contributed by atoms with E-state index in [0.717, 1.165) is 40.7 Å². The zero-order chi connectivity index (χ0) is 16.2. The fraction of sp³-hybridized carbons (Fsp3) is 0.316. The second-order valence-electron chi connectivity index (χ2n) is 6.05. The topological polar surface area (TPSA) is 47.9 Å². The van der Waals surface area contributed by atoms with Gasteiger partial charge in [0.25, 0.3) is 0 Å². The van der Waals surface area contributed by atoms with Crippen molar-refractivity contribution in [3.05, 3.63) is 48.5 Å². The Kier molecular flexibility index (Phi) is 4.51.